The smallest absolute Gasteiger partial charge is 0.123 e. The van der Waals surface area contributed by atoms with Gasteiger partial charge in [-0.15, -0.1) is 0 Å². The third-order valence-corrected chi connectivity index (χ3v) is 5.32. The molecule has 0 amide bonds. The van der Waals surface area contributed by atoms with Crippen molar-refractivity contribution in [2.24, 2.45) is 0 Å². The molecule has 1 fully saturated rings. The molecule has 1 saturated heterocycles. The summed E-state index contributed by atoms with van der Waals surface area (Å²) in [6.45, 7) is 6.28. The van der Waals surface area contributed by atoms with Gasteiger partial charge in [-0.2, -0.15) is 0 Å². The predicted molar refractivity (Wildman–Crippen MR) is 113 cm³/mol. The van der Waals surface area contributed by atoms with Crippen molar-refractivity contribution in [1.82, 2.24) is 9.80 Å². The molecule has 0 saturated carbocycles. The molecule has 0 atom stereocenters. The van der Waals surface area contributed by atoms with Crippen molar-refractivity contribution in [2.45, 2.75) is 6.54 Å². The van der Waals surface area contributed by atoms with Gasteiger partial charge in [0, 0.05) is 44.7 Å². The molecule has 1 N–H and O–H groups in total. The summed E-state index contributed by atoms with van der Waals surface area (Å²) in [4.78, 5) is 5.01. The first kappa shape index (κ1) is 17.8. The number of piperazine rings is 1. The third-order valence-electron chi connectivity index (χ3n) is 5.32. The van der Waals surface area contributed by atoms with E-state index in [0.717, 1.165) is 50.0 Å². The Kier molecular flexibility index (Phi) is 5.52. The van der Waals surface area contributed by atoms with E-state index in [1.165, 1.54) is 11.1 Å². The highest BCUT2D eigenvalue weighted by Crippen LogP contribution is 2.28. The molecule has 1 heterocycles. The Morgan fingerprint density at radius 1 is 0.741 bits per heavy atom. The first-order chi connectivity index (χ1) is 13.3. The lowest BCUT2D eigenvalue weighted by atomic mass is 10.0. The van der Waals surface area contributed by atoms with Crippen molar-refractivity contribution in [3.05, 3.63) is 83.9 Å². The Balaban J connectivity index is 1.32. The van der Waals surface area contributed by atoms with E-state index in [0.29, 0.717) is 5.75 Å². The van der Waals surface area contributed by atoms with E-state index in [9.17, 15) is 5.11 Å². The van der Waals surface area contributed by atoms with Gasteiger partial charge in [0.05, 0.1) is 0 Å². The summed E-state index contributed by atoms with van der Waals surface area (Å²) in [6.07, 6.45) is 4.47. The van der Waals surface area contributed by atoms with Gasteiger partial charge in [-0.3, -0.25) is 9.80 Å². The summed E-state index contributed by atoms with van der Waals surface area (Å²) in [6, 6.07) is 22.5. The molecule has 27 heavy (non-hydrogen) atoms. The SMILES string of the molecule is Oc1ccc(CN2CCN(C/C=C/c3ccccc3)CC2)c2ccccc12. The average molecular weight is 358 g/mol. The second kappa shape index (κ2) is 8.38. The minimum absolute atomic E-state index is 0.365. The Bertz CT molecular complexity index is 912. The van der Waals surface area contributed by atoms with Gasteiger partial charge < -0.3 is 5.11 Å². The summed E-state index contributed by atoms with van der Waals surface area (Å²) in [5.41, 5.74) is 2.55. The molecule has 0 unspecified atom stereocenters. The van der Waals surface area contributed by atoms with E-state index in [-0.39, 0.29) is 0 Å². The normalized spacial score (nSPS) is 16.3. The van der Waals surface area contributed by atoms with Gasteiger partial charge in [-0.25, -0.2) is 0 Å². The molecule has 3 nitrogen and oxygen atoms in total. The van der Waals surface area contributed by atoms with Crippen LogP contribution >= 0.6 is 0 Å². The maximum Gasteiger partial charge on any atom is 0.123 e. The monoisotopic (exact) mass is 358 g/mol. The summed E-state index contributed by atoms with van der Waals surface area (Å²) in [5, 5.41) is 12.2. The fraction of sp³-hybridized carbons (Fsp3) is 0.250. The maximum absolute atomic E-state index is 10.1. The fourth-order valence-corrected chi connectivity index (χ4v) is 3.76. The molecule has 4 rings (SSSR count). The highest BCUT2D eigenvalue weighted by molar-refractivity contribution is 5.90. The van der Waals surface area contributed by atoms with E-state index < -0.39 is 0 Å². The van der Waals surface area contributed by atoms with Crippen molar-refractivity contribution >= 4 is 16.8 Å². The van der Waals surface area contributed by atoms with Crippen LogP contribution in [0.3, 0.4) is 0 Å². The number of phenolic OH excluding ortho intramolecular Hbond substituents is 1. The van der Waals surface area contributed by atoms with Gasteiger partial charge in [0.15, 0.2) is 0 Å². The number of aromatic hydroxyl groups is 1. The number of hydrogen-bond acceptors (Lipinski definition) is 3. The van der Waals surface area contributed by atoms with Crippen molar-refractivity contribution in [3.8, 4) is 5.75 Å². The lowest BCUT2D eigenvalue weighted by molar-refractivity contribution is 0.137. The fourth-order valence-electron chi connectivity index (χ4n) is 3.76. The molecule has 1 aliphatic heterocycles. The van der Waals surface area contributed by atoms with Crippen LogP contribution < -0.4 is 0 Å². The van der Waals surface area contributed by atoms with E-state index in [2.05, 4.69) is 58.4 Å². The highest BCUT2D eigenvalue weighted by Gasteiger charge is 2.17. The molecule has 1 aliphatic rings. The van der Waals surface area contributed by atoms with Crippen LogP contribution in [-0.4, -0.2) is 47.6 Å². The lowest BCUT2D eigenvalue weighted by Gasteiger charge is -2.34. The molecule has 0 radical (unpaired) electrons. The average Bonchev–Trinajstić information content (AvgIpc) is 2.72. The van der Waals surface area contributed by atoms with E-state index in [1.807, 2.05) is 30.3 Å². The second-order valence-corrected chi connectivity index (χ2v) is 7.18. The number of benzene rings is 3. The molecule has 0 aliphatic carbocycles. The van der Waals surface area contributed by atoms with Crippen LogP contribution in [-0.2, 0) is 6.54 Å². The minimum Gasteiger partial charge on any atom is -0.507 e. The molecule has 3 heteroatoms. The first-order valence-corrected chi connectivity index (χ1v) is 9.65. The lowest BCUT2D eigenvalue weighted by Crippen LogP contribution is -2.45. The molecule has 3 aromatic rings. The summed E-state index contributed by atoms with van der Waals surface area (Å²) >= 11 is 0. The first-order valence-electron chi connectivity index (χ1n) is 9.65. The third kappa shape index (κ3) is 4.38. The summed E-state index contributed by atoms with van der Waals surface area (Å²) in [7, 11) is 0. The molecular weight excluding hydrogens is 332 g/mol. The Morgan fingerprint density at radius 3 is 2.19 bits per heavy atom. The molecule has 0 spiro atoms. The minimum atomic E-state index is 0.365. The zero-order chi connectivity index (χ0) is 18.5. The van der Waals surface area contributed by atoms with Gasteiger partial charge in [-0.05, 0) is 22.6 Å². The van der Waals surface area contributed by atoms with Gasteiger partial charge in [0.2, 0.25) is 0 Å². The zero-order valence-electron chi connectivity index (χ0n) is 15.6. The number of nitrogens with zero attached hydrogens (tertiary/aromatic N) is 2. The van der Waals surface area contributed by atoms with Crippen molar-refractivity contribution < 1.29 is 5.11 Å². The number of hydrogen-bond donors (Lipinski definition) is 1. The summed E-state index contributed by atoms with van der Waals surface area (Å²) in [5.74, 6) is 0.365. The Labute approximate surface area is 161 Å². The van der Waals surface area contributed by atoms with E-state index in [1.54, 1.807) is 0 Å². The van der Waals surface area contributed by atoms with Crippen LogP contribution in [0.25, 0.3) is 16.8 Å². The van der Waals surface area contributed by atoms with Crippen LogP contribution in [0.1, 0.15) is 11.1 Å². The molecule has 138 valence electrons. The number of phenols is 1. The van der Waals surface area contributed by atoms with Crippen LogP contribution in [0.2, 0.25) is 0 Å². The Morgan fingerprint density at radius 2 is 1.41 bits per heavy atom. The van der Waals surface area contributed by atoms with E-state index in [4.69, 9.17) is 0 Å². The van der Waals surface area contributed by atoms with E-state index >= 15 is 0 Å². The quantitative estimate of drug-likeness (QED) is 0.733. The molecular formula is C24H26N2O. The van der Waals surface area contributed by atoms with Crippen LogP contribution in [0.5, 0.6) is 5.75 Å². The standard InChI is InChI=1S/C24H26N2O/c27-24-13-12-21(22-10-4-5-11-23(22)24)19-26-17-15-25(16-18-26)14-6-9-20-7-2-1-3-8-20/h1-13,27H,14-19H2/b9-6+. The summed E-state index contributed by atoms with van der Waals surface area (Å²) < 4.78 is 0. The molecule has 3 aromatic carbocycles. The number of rotatable bonds is 5. The highest BCUT2D eigenvalue weighted by atomic mass is 16.3. The van der Waals surface area contributed by atoms with Gasteiger partial charge in [-0.1, -0.05) is 72.8 Å². The van der Waals surface area contributed by atoms with Crippen molar-refractivity contribution in [2.75, 3.05) is 32.7 Å². The van der Waals surface area contributed by atoms with Gasteiger partial charge >= 0.3 is 0 Å². The molecule has 0 bridgehead atoms. The van der Waals surface area contributed by atoms with Crippen molar-refractivity contribution in [1.29, 1.82) is 0 Å². The second-order valence-electron chi connectivity index (χ2n) is 7.18. The number of fused-ring (bicyclic) bond motifs is 1. The molecule has 0 aromatic heterocycles. The van der Waals surface area contributed by atoms with Gasteiger partial charge in [0.25, 0.3) is 0 Å². The Hall–Kier alpha value is -2.62. The van der Waals surface area contributed by atoms with Gasteiger partial charge in [0.1, 0.15) is 5.75 Å². The van der Waals surface area contributed by atoms with Crippen LogP contribution in [0.4, 0.5) is 0 Å². The topological polar surface area (TPSA) is 26.7 Å². The predicted octanol–water partition coefficient (Wildman–Crippen LogP) is 4.38. The zero-order valence-corrected chi connectivity index (χ0v) is 15.6. The van der Waals surface area contributed by atoms with Crippen LogP contribution in [0.15, 0.2) is 72.8 Å². The van der Waals surface area contributed by atoms with Crippen molar-refractivity contribution in [3.63, 3.8) is 0 Å². The van der Waals surface area contributed by atoms with Crippen LogP contribution in [0, 0.1) is 0 Å². The maximum atomic E-state index is 10.1. The largest absolute Gasteiger partial charge is 0.507 e.